The Morgan fingerprint density at radius 3 is 2.79 bits per heavy atom. The molecule has 1 amide bonds. The number of nitrogens with zero attached hydrogens (tertiary/aromatic N) is 2. The lowest BCUT2D eigenvalue weighted by Gasteiger charge is -2.06. The number of hydrogen-bond acceptors (Lipinski definition) is 4. The monoisotopic (exact) mass is 380 g/mol. The zero-order valence-corrected chi connectivity index (χ0v) is 15.3. The van der Waals surface area contributed by atoms with Crippen LogP contribution in [0.2, 0.25) is 0 Å². The van der Waals surface area contributed by atoms with Crippen molar-refractivity contribution in [2.45, 2.75) is 6.42 Å². The fourth-order valence-electron chi connectivity index (χ4n) is 2.20. The number of nitrogens with one attached hydrogen (secondary N) is 2. The Kier molecular flexibility index (Phi) is 10.5. The fourth-order valence-corrected chi connectivity index (χ4v) is 2.20. The Morgan fingerprint density at radius 2 is 2.08 bits per heavy atom. The van der Waals surface area contributed by atoms with E-state index in [2.05, 4.69) is 15.6 Å². The van der Waals surface area contributed by atoms with Crippen molar-refractivity contribution in [1.29, 1.82) is 0 Å². The van der Waals surface area contributed by atoms with Crippen molar-refractivity contribution in [3.63, 3.8) is 0 Å². The smallest absolute Gasteiger partial charge is 0.233 e. The summed E-state index contributed by atoms with van der Waals surface area (Å²) in [6, 6.07) is 4.54. The minimum atomic E-state index is -0.299. The van der Waals surface area contributed by atoms with Crippen molar-refractivity contribution < 1.29 is 13.9 Å². The molecule has 0 aliphatic rings. The molecule has 24 heavy (non-hydrogen) atoms. The van der Waals surface area contributed by atoms with E-state index in [1.54, 1.807) is 13.2 Å². The second-order valence-corrected chi connectivity index (χ2v) is 4.99. The molecule has 0 aliphatic carbocycles. The molecule has 136 valence electrons. The van der Waals surface area contributed by atoms with Gasteiger partial charge in [0.05, 0.1) is 24.2 Å². The molecular weight excluding hydrogens is 358 g/mol. The van der Waals surface area contributed by atoms with E-state index in [-0.39, 0.29) is 43.1 Å². The maximum absolute atomic E-state index is 13.2. The maximum atomic E-state index is 13.2. The third-order valence-electron chi connectivity index (χ3n) is 3.37. The van der Waals surface area contributed by atoms with Crippen LogP contribution >= 0.6 is 24.8 Å². The molecule has 1 heterocycles. The highest BCUT2D eigenvalue weighted by atomic mass is 35.5. The Morgan fingerprint density at radius 1 is 1.33 bits per heavy atom. The highest BCUT2D eigenvalue weighted by Crippen LogP contribution is 2.16. The number of methoxy groups -OCH3 is 1. The van der Waals surface area contributed by atoms with Crippen molar-refractivity contribution in [1.82, 2.24) is 20.2 Å². The normalized spacial score (nSPS) is 10.1. The molecule has 0 bridgehead atoms. The summed E-state index contributed by atoms with van der Waals surface area (Å²) in [7, 11) is 3.50. The summed E-state index contributed by atoms with van der Waals surface area (Å²) in [6.45, 7) is 1.96. The molecule has 0 radical (unpaired) electrons. The van der Waals surface area contributed by atoms with Gasteiger partial charge in [0, 0.05) is 39.7 Å². The summed E-state index contributed by atoms with van der Waals surface area (Å²) >= 11 is 0. The van der Waals surface area contributed by atoms with Gasteiger partial charge in [-0.1, -0.05) is 0 Å². The minimum absolute atomic E-state index is 0. The van der Waals surface area contributed by atoms with Gasteiger partial charge in [0.15, 0.2) is 0 Å². The first-order chi connectivity index (χ1) is 10.6. The minimum Gasteiger partial charge on any atom is -0.383 e. The highest BCUT2D eigenvalue weighted by Gasteiger charge is 2.09. The number of imidazole rings is 1. The van der Waals surface area contributed by atoms with Gasteiger partial charge in [-0.2, -0.15) is 0 Å². The van der Waals surface area contributed by atoms with Crippen LogP contribution in [0.3, 0.4) is 0 Å². The Bertz CT molecular complexity index is 652. The van der Waals surface area contributed by atoms with E-state index in [1.807, 2.05) is 11.6 Å². The second kappa shape index (κ2) is 11.2. The standard InChI is InChI=1S/C15H21FN4O2.2ClH/c1-20-13-4-3-11(16)9-12(13)19-14(20)5-6-18-15(21)10-17-7-8-22-2;;/h3-4,9,17H,5-8,10H2,1-2H3,(H,18,21);2*1H. The molecule has 2 aromatic rings. The van der Waals surface area contributed by atoms with E-state index < -0.39 is 0 Å². The van der Waals surface area contributed by atoms with Crippen LogP contribution in [-0.2, 0) is 23.0 Å². The predicted molar refractivity (Wildman–Crippen MR) is 96.6 cm³/mol. The predicted octanol–water partition coefficient (Wildman–Crippen LogP) is 1.45. The van der Waals surface area contributed by atoms with Crippen molar-refractivity contribution in [2.24, 2.45) is 7.05 Å². The van der Waals surface area contributed by atoms with Gasteiger partial charge in [0.1, 0.15) is 11.6 Å². The highest BCUT2D eigenvalue weighted by molar-refractivity contribution is 5.85. The number of halogens is 3. The SMILES string of the molecule is COCCNCC(=O)NCCc1nc2cc(F)ccc2n1C.Cl.Cl. The van der Waals surface area contributed by atoms with Crippen LogP contribution in [0, 0.1) is 5.82 Å². The first-order valence-corrected chi connectivity index (χ1v) is 7.19. The summed E-state index contributed by atoms with van der Waals surface area (Å²) < 4.78 is 20.0. The number of benzene rings is 1. The van der Waals surface area contributed by atoms with Gasteiger partial charge in [-0.25, -0.2) is 9.37 Å². The number of hydrogen-bond donors (Lipinski definition) is 2. The number of carbonyl (C=O) groups is 1. The first-order valence-electron chi connectivity index (χ1n) is 7.19. The number of amides is 1. The first kappa shape index (κ1) is 22.6. The molecule has 0 saturated heterocycles. The lowest BCUT2D eigenvalue weighted by Crippen LogP contribution is -2.36. The van der Waals surface area contributed by atoms with Gasteiger partial charge in [-0.05, 0) is 12.1 Å². The van der Waals surface area contributed by atoms with Crippen LogP contribution in [0.4, 0.5) is 4.39 Å². The van der Waals surface area contributed by atoms with Gasteiger partial charge in [-0.15, -0.1) is 24.8 Å². The van der Waals surface area contributed by atoms with E-state index in [0.717, 1.165) is 11.3 Å². The van der Waals surface area contributed by atoms with Crippen molar-refractivity contribution in [3.05, 3.63) is 29.8 Å². The molecular formula is C15H23Cl2FN4O2. The van der Waals surface area contributed by atoms with Gasteiger partial charge < -0.3 is 19.9 Å². The van der Waals surface area contributed by atoms with E-state index in [9.17, 15) is 9.18 Å². The Balaban J connectivity index is 0.00000264. The fraction of sp³-hybridized carbons (Fsp3) is 0.467. The van der Waals surface area contributed by atoms with E-state index >= 15 is 0 Å². The molecule has 9 heteroatoms. The van der Waals surface area contributed by atoms with Gasteiger partial charge >= 0.3 is 0 Å². The van der Waals surface area contributed by atoms with E-state index in [4.69, 9.17) is 4.74 Å². The lowest BCUT2D eigenvalue weighted by atomic mass is 10.3. The largest absolute Gasteiger partial charge is 0.383 e. The molecule has 2 N–H and O–H groups in total. The Hall–Kier alpha value is -1.41. The second-order valence-electron chi connectivity index (χ2n) is 4.99. The third kappa shape index (κ3) is 6.24. The van der Waals surface area contributed by atoms with Crippen molar-refractivity contribution >= 4 is 41.8 Å². The molecule has 0 spiro atoms. The zero-order valence-electron chi connectivity index (χ0n) is 13.7. The van der Waals surface area contributed by atoms with Crippen LogP contribution in [0.1, 0.15) is 5.82 Å². The van der Waals surface area contributed by atoms with Crippen LogP contribution in [0.15, 0.2) is 18.2 Å². The summed E-state index contributed by atoms with van der Waals surface area (Å²) in [5.41, 5.74) is 1.51. The summed E-state index contributed by atoms with van der Waals surface area (Å²) in [4.78, 5) is 16.0. The van der Waals surface area contributed by atoms with Crippen molar-refractivity contribution in [2.75, 3.05) is 33.4 Å². The van der Waals surface area contributed by atoms with Crippen molar-refractivity contribution in [3.8, 4) is 0 Å². The average molecular weight is 381 g/mol. The van der Waals surface area contributed by atoms with E-state index in [0.29, 0.717) is 31.6 Å². The number of carbonyl (C=O) groups excluding carboxylic acids is 1. The summed E-state index contributed by atoms with van der Waals surface area (Å²) in [5, 5.41) is 5.80. The maximum Gasteiger partial charge on any atom is 0.233 e. The number of aromatic nitrogens is 2. The van der Waals surface area contributed by atoms with Gasteiger partial charge in [0.25, 0.3) is 0 Å². The molecule has 1 aromatic heterocycles. The lowest BCUT2D eigenvalue weighted by molar-refractivity contribution is -0.120. The summed E-state index contributed by atoms with van der Waals surface area (Å²) in [5.74, 6) is 0.446. The molecule has 6 nitrogen and oxygen atoms in total. The van der Waals surface area contributed by atoms with Crippen LogP contribution in [-0.4, -0.2) is 48.8 Å². The topological polar surface area (TPSA) is 68.2 Å². The van der Waals surface area contributed by atoms with Crippen LogP contribution in [0.5, 0.6) is 0 Å². The molecule has 0 aliphatic heterocycles. The Labute approximate surface area is 153 Å². The number of fused-ring (bicyclic) bond motifs is 1. The third-order valence-corrected chi connectivity index (χ3v) is 3.37. The number of rotatable bonds is 8. The number of ether oxygens (including phenoxy) is 1. The quantitative estimate of drug-likeness (QED) is 0.680. The van der Waals surface area contributed by atoms with Gasteiger partial charge in [0.2, 0.25) is 5.91 Å². The molecule has 0 fully saturated rings. The van der Waals surface area contributed by atoms with Gasteiger partial charge in [-0.3, -0.25) is 4.79 Å². The molecule has 1 aromatic carbocycles. The molecule has 0 unspecified atom stereocenters. The van der Waals surface area contributed by atoms with E-state index in [1.165, 1.54) is 12.1 Å². The molecule has 2 rings (SSSR count). The summed E-state index contributed by atoms with van der Waals surface area (Å²) in [6.07, 6.45) is 0.594. The molecule has 0 atom stereocenters. The number of aryl methyl sites for hydroxylation is 1. The van der Waals surface area contributed by atoms with Crippen LogP contribution < -0.4 is 10.6 Å². The molecule has 0 saturated carbocycles. The zero-order chi connectivity index (χ0) is 15.9. The average Bonchev–Trinajstić information content (AvgIpc) is 2.79. The van der Waals surface area contributed by atoms with Crippen LogP contribution in [0.25, 0.3) is 11.0 Å².